The second-order valence-electron chi connectivity index (χ2n) is 11.8. The van der Waals surface area contributed by atoms with Crippen molar-refractivity contribution in [2.45, 2.75) is 63.5 Å². The summed E-state index contributed by atoms with van der Waals surface area (Å²) in [5.74, 6) is 0.656. The van der Waals surface area contributed by atoms with E-state index in [1.807, 2.05) is 0 Å². The standard InChI is InChI=1S/C37H31.C4H8Si.CH3.Zr/c1-3-24-22-35-29-16-8-6-13-26(29)20-21-31(35)34(24)23-36-27(4-2)37(33-18-10-9-17-30(33)36)32-19-11-14-25-12-5-7-15-28(25)32;1-2-4-5-3-1;;/h5-23,34,36H,3-4H2,1-2H3;1-4H2;1H3;/q-1;;-1;+2. The molecule has 2 atom stereocenters. The Hall–Kier alpha value is -2.80. The van der Waals surface area contributed by atoms with E-state index in [1.165, 1.54) is 95.0 Å². The summed E-state index contributed by atoms with van der Waals surface area (Å²) in [4.78, 5) is 0. The average Bonchev–Trinajstić information content (AvgIpc) is 3.81. The van der Waals surface area contributed by atoms with Gasteiger partial charge in [-0.05, 0) is 56.6 Å². The van der Waals surface area contributed by atoms with Gasteiger partial charge in [0.05, 0.1) is 0 Å². The van der Waals surface area contributed by atoms with Gasteiger partial charge >= 0.3 is 26.2 Å². The minimum atomic E-state index is 0. The molecule has 3 aliphatic rings. The molecular weight excluding hydrogens is 624 g/mol. The molecule has 0 amide bonds. The molecule has 2 heteroatoms. The van der Waals surface area contributed by atoms with Crippen molar-refractivity contribution >= 4 is 42.7 Å². The zero-order valence-electron chi connectivity index (χ0n) is 26.4. The van der Waals surface area contributed by atoms with Crippen LogP contribution in [0.4, 0.5) is 0 Å². The first-order valence-corrected chi connectivity index (χ1v) is 17.3. The third-order valence-corrected chi connectivity index (χ3v) is 10.9. The van der Waals surface area contributed by atoms with Crippen LogP contribution in [-0.4, -0.2) is 9.52 Å². The van der Waals surface area contributed by atoms with Crippen molar-refractivity contribution in [2.75, 3.05) is 0 Å². The van der Waals surface area contributed by atoms with Gasteiger partial charge in [-0.15, -0.1) is 11.8 Å². The van der Waals surface area contributed by atoms with Crippen molar-refractivity contribution in [2.24, 2.45) is 0 Å². The van der Waals surface area contributed by atoms with E-state index in [0.29, 0.717) is 11.8 Å². The van der Waals surface area contributed by atoms with Crippen molar-refractivity contribution in [3.8, 4) is 0 Å². The summed E-state index contributed by atoms with van der Waals surface area (Å²) in [6.45, 7) is 4.64. The van der Waals surface area contributed by atoms with E-state index >= 15 is 0 Å². The summed E-state index contributed by atoms with van der Waals surface area (Å²) in [6.07, 6.45) is 10.3. The van der Waals surface area contributed by atoms with E-state index in [2.05, 4.69) is 129 Å². The van der Waals surface area contributed by atoms with Crippen molar-refractivity contribution in [3.05, 3.63) is 156 Å². The molecule has 8 rings (SSSR count). The van der Waals surface area contributed by atoms with E-state index in [0.717, 1.165) is 12.8 Å². The molecule has 1 heterocycles. The maximum atomic E-state index is 2.66. The van der Waals surface area contributed by atoms with E-state index in [1.54, 1.807) is 5.57 Å². The molecule has 2 radical (unpaired) electrons. The predicted molar refractivity (Wildman–Crippen MR) is 190 cm³/mol. The number of fused-ring (bicyclic) bond motifs is 5. The third-order valence-electron chi connectivity index (χ3n) is 9.52. The quantitative estimate of drug-likeness (QED) is 0.129. The van der Waals surface area contributed by atoms with Crippen LogP contribution in [-0.2, 0) is 26.2 Å². The van der Waals surface area contributed by atoms with E-state index < -0.39 is 0 Å². The SMILES string of the molecule is C1CC[Si]C1.CCC1=Cc2c(ccc3ccccc23)C1[CH-]C1C(CC)=C(c2cccc3ccccc23)c2ccccc21.[CH3-].[Zr+2]. The summed E-state index contributed by atoms with van der Waals surface area (Å²) < 4.78 is 0. The van der Waals surface area contributed by atoms with Gasteiger partial charge in [-0.25, -0.2) is 0 Å². The van der Waals surface area contributed by atoms with E-state index in [9.17, 15) is 0 Å². The molecule has 218 valence electrons. The summed E-state index contributed by atoms with van der Waals surface area (Å²) in [6, 6.07) is 41.2. The van der Waals surface area contributed by atoms with Crippen LogP contribution in [0.3, 0.4) is 0 Å². The maximum absolute atomic E-state index is 2.66. The van der Waals surface area contributed by atoms with Crippen LogP contribution in [0.5, 0.6) is 0 Å². The van der Waals surface area contributed by atoms with Gasteiger partial charge < -0.3 is 13.8 Å². The molecule has 1 saturated heterocycles. The monoisotopic (exact) mass is 664 g/mol. The van der Waals surface area contributed by atoms with Gasteiger partial charge in [-0.3, -0.25) is 0 Å². The molecular formula is C42H42SiZr. The van der Waals surface area contributed by atoms with Crippen LogP contribution in [0.25, 0.3) is 33.2 Å². The minimum absolute atomic E-state index is 0. The first-order chi connectivity index (χ1) is 20.8. The summed E-state index contributed by atoms with van der Waals surface area (Å²) in [5.41, 5.74) is 11.6. The number of allylic oxidation sites excluding steroid dienone is 2. The number of benzene rings is 5. The number of hydrogen-bond acceptors (Lipinski definition) is 0. The molecule has 0 aromatic heterocycles. The van der Waals surface area contributed by atoms with Crippen LogP contribution in [0.2, 0.25) is 12.1 Å². The normalized spacial score (nSPS) is 18.2. The molecule has 44 heavy (non-hydrogen) atoms. The van der Waals surface area contributed by atoms with Gasteiger partial charge in [0.1, 0.15) is 0 Å². The third kappa shape index (κ3) is 5.93. The van der Waals surface area contributed by atoms with Gasteiger partial charge in [0.25, 0.3) is 0 Å². The maximum Gasteiger partial charge on any atom is 2.00 e. The van der Waals surface area contributed by atoms with Crippen molar-refractivity contribution in [3.63, 3.8) is 0 Å². The number of rotatable bonds is 5. The Kier molecular flexibility index (Phi) is 10.8. The van der Waals surface area contributed by atoms with E-state index in [-0.39, 0.29) is 33.6 Å². The topological polar surface area (TPSA) is 0 Å². The van der Waals surface area contributed by atoms with E-state index in [4.69, 9.17) is 0 Å². The second kappa shape index (κ2) is 14.5. The molecule has 2 unspecified atom stereocenters. The smallest absolute Gasteiger partial charge is 0.358 e. The molecule has 0 nitrogen and oxygen atoms in total. The van der Waals surface area contributed by atoms with Crippen molar-refractivity contribution < 1.29 is 26.2 Å². The Labute approximate surface area is 286 Å². The average molecular weight is 666 g/mol. The molecule has 1 fully saturated rings. The molecule has 2 aliphatic carbocycles. The van der Waals surface area contributed by atoms with Crippen LogP contribution in [0.15, 0.2) is 114 Å². The molecule has 0 saturated carbocycles. The fourth-order valence-corrected chi connectivity index (χ4v) is 8.73. The molecule has 0 N–H and O–H groups in total. The first-order valence-electron chi connectivity index (χ1n) is 15.9. The molecule has 5 aromatic carbocycles. The Bertz CT molecular complexity index is 1810. The predicted octanol–water partition coefficient (Wildman–Crippen LogP) is 11.9. The molecule has 0 bridgehead atoms. The Morgan fingerprint density at radius 2 is 1.27 bits per heavy atom. The van der Waals surface area contributed by atoms with Crippen LogP contribution in [0, 0.1) is 13.8 Å². The zero-order chi connectivity index (χ0) is 28.5. The number of hydrogen-bond donors (Lipinski definition) is 0. The summed E-state index contributed by atoms with van der Waals surface area (Å²) in [5, 5.41) is 5.34. The fraction of sp³-hybridized carbons (Fsp3) is 0.238. The van der Waals surface area contributed by atoms with Crippen LogP contribution < -0.4 is 0 Å². The van der Waals surface area contributed by atoms with Gasteiger partial charge in [-0.1, -0.05) is 170 Å². The minimum Gasteiger partial charge on any atom is -0.358 e. The summed E-state index contributed by atoms with van der Waals surface area (Å²) in [7, 11) is 1.31. The van der Waals surface area contributed by atoms with Gasteiger partial charge in [0, 0.05) is 9.52 Å². The molecule has 0 spiro atoms. The first kappa shape index (κ1) is 32.6. The Morgan fingerprint density at radius 3 is 1.98 bits per heavy atom. The fourth-order valence-electron chi connectivity index (χ4n) is 7.48. The largest absolute Gasteiger partial charge is 2.00 e. The van der Waals surface area contributed by atoms with Gasteiger partial charge in [-0.2, -0.15) is 0 Å². The van der Waals surface area contributed by atoms with Crippen molar-refractivity contribution in [1.82, 2.24) is 0 Å². The summed E-state index contributed by atoms with van der Waals surface area (Å²) >= 11 is 0. The van der Waals surface area contributed by atoms with Gasteiger partial charge in [0.15, 0.2) is 0 Å². The Balaban J connectivity index is 0.000000502. The van der Waals surface area contributed by atoms with Crippen molar-refractivity contribution in [1.29, 1.82) is 0 Å². The molecule has 5 aromatic rings. The Morgan fingerprint density at radius 1 is 0.636 bits per heavy atom. The molecule has 1 aliphatic heterocycles. The van der Waals surface area contributed by atoms with Crippen LogP contribution in [0.1, 0.15) is 79.2 Å². The second-order valence-corrected chi connectivity index (χ2v) is 13.3. The van der Waals surface area contributed by atoms with Crippen LogP contribution >= 0.6 is 0 Å². The van der Waals surface area contributed by atoms with Gasteiger partial charge in [0.2, 0.25) is 0 Å². The zero-order valence-corrected chi connectivity index (χ0v) is 29.8.